The molecule has 16 nitrogen and oxygen atoms in total. The highest BCUT2D eigenvalue weighted by atomic mass is 16.6. The maximum atomic E-state index is 14.5. The molecule has 3 rings (SSSR count). The van der Waals surface area contributed by atoms with Crippen molar-refractivity contribution in [1.29, 1.82) is 0 Å². The lowest BCUT2D eigenvalue weighted by molar-refractivity contribution is -0.148. The number of aromatic nitrogens is 1. The number of rotatable bonds is 25. The van der Waals surface area contributed by atoms with Crippen molar-refractivity contribution < 1.29 is 43.0 Å². The van der Waals surface area contributed by atoms with Crippen LogP contribution in [0, 0.1) is 29.6 Å². The predicted octanol–water partition coefficient (Wildman–Crippen LogP) is 6.51. The van der Waals surface area contributed by atoms with E-state index in [-0.39, 0.29) is 73.0 Å². The van der Waals surface area contributed by atoms with E-state index < -0.39 is 59.9 Å². The number of carbonyl (C=O) groups is 6. The number of amides is 5. The second kappa shape index (κ2) is 26.7. The first kappa shape index (κ1) is 57.4. The normalized spacial score (nSPS) is 17.7. The van der Waals surface area contributed by atoms with E-state index in [1.54, 1.807) is 95.3 Å². The number of carbonyl (C=O) groups excluding carboxylic acids is 6. The molecule has 0 aliphatic carbocycles. The van der Waals surface area contributed by atoms with Gasteiger partial charge in [0.05, 0.1) is 42.7 Å². The summed E-state index contributed by atoms with van der Waals surface area (Å²) in [7, 11) is 8.52. The molecule has 2 heterocycles. The summed E-state index contributed by atoms with van der Waals surface area (Å²) in [5, 5.41) is 8.74. The van der Waals surface area contributed by atoms with Crippen molar-refractivity contribution in [1.82, 2.24) is 30.3 Å². The zero-order valence-electron chi connectivity index (χ0n) is 43.6. The summed E-state index contributed by atoms with van der Waals surface area (Å²) >= 11 is 0. The summed E-state index contributed by atoms with van der Waals surface area (Å²) in [4.78, 5) is 92.5. The minimum atomic E-state index is -0.791. The molecule has 68 heavy (non-hydrogen) atoms. The number of anilines is 1. The van der Waals surface area contributed by atoms with Crippen molar-refractivity contribution >= 4 is 41.2 Å². The molecule has 3 N–H and O–H groups in total. The second-order valence-electron chi connectivity index (χ2n) is 20.4. The Labute approximate surface area is 406 Å². The topological polar surface area (TPSA) is 189 Å². The number of hydrogen-bond acceptors (Lipinski definition) is 11. The fourth-order valence-electron chi connectivity index (χ4n) is 9.36. The Morgan fingerprint density at radius 3 is 2.06 bits per heavy atom. The van der Waals surface area contributed by atoms with Crippen LogP contribution in [0.1, 0.15) is 113 Å². The Balaban J connectivity index is 1.77. The molecule has 1 aromatic carbocycles. The third-order valence-electron chi connectivity index (χ3n) is 13.1. The number of ketones is 1. The number of nitrogens with zero attached hydrogens (tertiary/aromatic N) is 4. The van der Waals surface area contributed by atoms with Crippen LogP contribution < -0.4 is 16.0 Å². The number of Topliss-reactive ketones (excluding diaryl/α,β-unsaturated/α-hetero) is 1. The molecular formula is C52H83N7O9. The van der Waals surface area contributed by atoms with E-state index >= 15 is 0 Å². The number of likely N-dealkylation sites (N-methyl/N-ethyl adjacent to an activating group) is 2. The Morgan fingerprint density at radius 1 is 0.868 bits per heavy atom. The van der Waals surface area contributed by atoms with Crippen LogP contribution in [0.15, 0.2) is 48.7 Å². The molecule has 0 radical (unpaired) electrons. The van der Waals surface area contributed by atoms with Crippen LogP contribution in [-0.4, -0.2) is 139 Å². The average Bonchev–Trinajstić information content (AvgIpc) is 3.76. The van der Waals surface area contributed by atoms with E-state index in [1.165, 1.54) is 0 Å². The van der Waals surface area contributed by atoms with Crippen molar-refractivity contribution in [2.24, 2.45) is 29.6 Å². The lowest BCUT2D eigenvalue weighted by Crippen LogP contribution is -2.59. The molecular weight excluding hydrogens is 867 g/mol. The van der Waals surface area contributed by atoms with Crippen molar-refractivity contribution in [2.75, 3.05) is 47.2 Å². The standard InChI is InChI=1S/C52H83N7O9/c1-16-34(6)46(58(13)50(64)44(32(2)3)56-49(63)45(33(4)5)57(11)12)42(66-14)30-43(61)59-27-19-21-40(59)47(67-15)35(7)41(60)29-37(28-39-20-17-18-26-53-39)48(62)54-31-36-22-24-38(25-23-36)55-51(65)68-52(8,9)10/h17-18,20,22-26,32-35,37,40,42,44-47H,16,19,21,27-31H2,1-15H3,(H,54,62)(H,55,65)(H,56,63)/t34-,35-,37+,40-,42+,44-,45-,46-,47+/m0/s1. The summed E-state index contributed by atoms with van der Waals surface area (Å²) in [6.45, 7) is 19.7. The molecule has 2 aromatic rings. The number of ether oxygens (including phenoxy) is 3. The van der Waals surface area contributed by atoms with Crippen molar-refractivity contribution in [3.8, 4) is 0 Å². The Kier molecular flexibility index (Phi) is 22.6. The Bertz CT molecular complexity index is 1930. The molecule has 1 aliphatic rings. The van der Waals surface area contributed by atoms with Crippen LogP contribution in [-0.2, 0) is 51.1 Å². The summed E-state index contributed by atoms with van der Waals surface area (Å²) in [6, 6.07) is 10.4. The SMILES string of the molecule is CC[C@H](C)[C@@H]([C@@H](CC(=O)N1CCC[C@H]1[C@H](OC)[C@@H](C)C(=O)C[C@@H](Cc1ccccn1)C(=O)NCc1ccc(NC(=O)OC(C)(C)C)cc1)OC)N(C)C(=O)[C@@H](NC(=O)[C@H](C(C)C)N(C)C)C(C)C. The lowest BCUT2D eigenvalue weighted by atomic mass is 9.85. The van der Waals surface area contributed by atoms with Crippen LogP contribution in [0.25, 0.3) is 0 Å². The molecule has 380 valence electrons. The van der Waals surface area contributed by atoms with Crippen molar-refractivity contribution in [2.45, 2.75) is 156 Å². The van der Waals surface area contributed by atoms with Crippen LogP contribution in [0.2, 0.25) is 0 Å². The number of hydrogen-bond donors (Lipinski definition) is 3. The maximum absolute atomic E-state index is 14.5. The average molecular weight is 950 g/mol. The van der Waals surface area contributed by atoms with E-state index in [4.69, 9.17) is 14.2 Å². The van der Waals surface area contributed by atoms with Crippen molar-refractivity contribution in [3.63, 3.8) is 0 Å². The van der Waals surface area contributed by atoms with Crippen molar-refractivity contribution in [3.05, 3.63) is 59.9 Å². The zero-order valence-corrected chi connectivity index (χ0v) is 43.6. The van der Waals surface area contributed by atoms with E-state index in [0.717, 1.165) is 5.56 Å². The molecule has 9 atom stereocenters. The van der Waals surface area contributed by atoms with Crippen LogP contribution in [0.4, 0.5) is 10.5 Å². The van der Waals surface area contributed by atoms with Gasteiger partial charge in [-0.2, -0.15) is 0 Å². The summed E-state index contributed by atoms with van der Waals surface area (Å²) in [5.41, 5.74) is 1.37. The maximum Gasteiger partial charge on any atom is 0.412 e. The molecule has 1 aliphatic heterocycles. The highest BCUT2D eigenvalue weighted by Crippen LogP contribution is 2.31. The number of likely N-dealkylation sites (tertiary alicyclic amines) is 1. The second-order valence-corrected chi connectivity index (χ2v) is 20.4. The van der Waals surface area contributed by atoms with Gasteiger partial charge in [0, 0.05) is 70.7 Å². The van der Waals surface area contributed by atoms with Gasteiger partial charge in [-0.1, -0.05) is 73.1 Å². The lowest BCUT2D eigenvalue weighted by Gasteiger charge is -2.41. The molecule has 1 saturated heterocycles. The monoisotopic (exact) mass is 950 g/mol. The third kappa shape index (κ3) is 16.6. The summed E-state index contributed by atoms with van der Waals surface area (Å²) in [5.74, 6) is -2.75. The Hall–Kier alpha value is -4.93. The molecule has 1 fully saturated rings. The van der Waals surface area contributed by atoms with Gasteiger partial charge in [0.25, 0.3) is 0 Å². The number of methoxy groups -OCH3 is 2. The summed E-state index contributed by atoms with van der Waals surface area (Å²) < 4.78 is 17.5. The van der Waals surface area contributed by atoms with E-state index in [2.05, 4.69) is 20.9 Å². The molecule has 0 spiro atoms. The van der Waals surface area contributed by atoms with Gasteiger partial charge in [0.2, 0.25) is 23.6 Å². The minimum Gasteiger partial charge on any atom is -0.444 e. The van der Waals surface area contributed by atoms with Crippen LogP contribution in [0.5, 0.6) is 0 Å². The predicted molar refractivity (Wildman–Crippen MR) is 264 cm³/mol. The first-order valence-electron chi connectivity index (χ1n) is 24.3. The molecule has 0 saturated carbocycles. The van der Waals surface area contributed by atoms with Gasteiger partial charge in [-0.3, -0.25) is 39.2 Å². The van der Waals surface area contributed by atoms with Crippen LogP contribution >= 0.6 is 0 Å². The summed E-state index contributed by atoms with van der Waals surface area (Å²) in [6.07, 6.45) is 1.97. The number of nitrogens with one attached hydrogen (secondary N) is 3. The van der Waals surface area contributed by atoms with Gasteiger partial charge in [-0.15, -0.1) is 0 Å². The van der Waals surface area contributed by atoms with E-state index in [9.17, 15) is 28.8 Å². The highest BCUT2D eigenvalue weighted by molar-refractivity contribution is 5.91. The zero-order chi connectivity index (χ0) is 51.0. The van der Waals surface area contributed by atoms with Crippen LogP contribution in [0.3, 0.4) is 0 Å². The molecule has 0 unspecified atom stereocenters. The van der Waals surface area contributed by atoms with Gasteiger partial charge in [0.1, 0.15) is 17.4 Å². The van der Waals surface area contributed by atoms with E-state index in [1.807, 2.05) is 72.7 Å². The third-order valence-corrected chi connectivity index (χ3v) is 13.1. The fourth-order valence-corrected chi connectivity index (χ4v) is 9.36. The quantitative estimate of drug-likeness (QED) is 0.0985. The molecule has 16 heteroatoms. The van der Waals surface area contributed by atoms with Gasteiger partial charge >= 0.3 is 6.09 Å². The highest BCUT2D eigenvalue weighted by Gasteiger charge is 2.43. The molecule has 1 aromatic heterocycles. The molecule has 5 amide bonds. The Morgan fingerprint density at radius 2 is 1.53 bits per heavy atom. The number of benzene rings is 1. The van der Waals surface area contributed by atoms with E-state index in [0.29, 0.717) is 37.2 Å². The fraction of sp³-hybridized carbons (Fsp3) is 0.673. The van der Waals surface area contributed by atoms with Gasteiger partial charge in [0.15, 0.2) is 0 Å². The first-order valence-corrected chi connectivity index (χ1v) is 24.3. The molecule has 0 bridgehead atoms. The largest absolute Gasteiger partial charge is 0.444 e. The minimum absolute atomic E-state index is 0.0115. The first-order chi connectivity index (χ1) is 31.9. The van der Waals surface area contributed by atoms with Gasteiger partial charge in [-0.25, -0.2) is 4.79 Å². The smallest absolute Gasteiger partial charge is 0.412 e. The number of pyridine rings is 1. The van der Waals surface area contributed by atoms with Gasteiger partial charge in [-0.05, 0) is 95.3 Å². The van der Waals surface area contributed by atoms with Gasteiger partial charge < -0.3 is 34.6 Å².